The van der Waals surface area contributed by atoms with Gasteiger partial charge in [0.1, 0.15) is 5.82 Å². The lowest BCUT2D eigenvalue weighted by Gasteiger charge is -2.42. The number of nitrogens with zero attached hydrogens (tertiary/aromatic N) is 2. The molecule has 0 unspecified atom stereocenters. The van der Waals surface area contributed by atoms with Gasteiger partial charge >= 0.3 is 0 Å². The number of benzene rings is 1. The number of carbonyl (C=O) groups is 1. The number of hydrogen-bond donors (Lipinski definition) is 1. The molecule has 4 nitrogen and oxygen atoms in total. The van der Waals surface area contributed by atoms with Gasteiger partial charge in [0.05, 0.1) is 12.1 Å². The van der Waals surface area contributed by atoms with E-state index in [-0.39, 0.29) is 17.7 Å². The van der Waals surface area contributed by atoms with Gasteiger partial charge in [-0.3, -0.25) is 4.79 Å². The van der Waals surface area contributed by atoms with Crippen LogP contribution in [0.25, 0.3) is 0 Å². The third kappa shape index (κ3) is 2.96. The molecule has 1 fully saturated rings. The first-order valence-electron chi connectivity index (χ1n) is 7.43. The van der Waals surface area contributed by atoms with Crippen molar-refractivity contribution in [3.05, 3.63) is 58.1 Å². The largest absolute Gasteiger partial charge is 0.324 e. The van der Waals surface area contributed by atoms with E-state index < -0.39 is 0 Å². The molecule has 0 aliphatic heterocycles. The second-order valence-corrected chi connectivity index (χ2v) is 6.75. The van der Waals surface area contributed by atoms with E-state index in [1.165, 1.54) is 12.0 Å². The number of carbonyl (C=O) groups excluding carboxylic acids is 1. The molecule has 0 amide bonds. The maximum atomic E-state index is 11.5. The highest BCUT2D eigenvalue weighted by atomic mass is 79.9. The Morgan fingerprint density at radius 1 is 1.18 bits per heavy atom. The molecule has 22 heavy (non-hydrogen) atoms. The minimum absolute atomic E-state index is 0.00840. The highest BCUT2D eigenvalue weighted by molar-refractivity contribution is 9.10. The molecule has 0 atom stereocenters. The molecule has 0 spiro atoms. The summed E-state index contributed by atoms with van der Waals surface area (Å²) in [4.78, 5) is 20.2. The van der Waals surface area contributed by atoms with E-state index in [0.717, 1.165) is 29.6 Å². The van der Waals surface area contributed by atoms with Crippen molar-refractivity contribution in [3.8, 4) is 0 Å². The molecule has 0 saturated heterocycles. The van der Waals surface area contributed by atoms with E-state index in [2.05, 4.69) is 50.2 Å². The molecule has 1 saturated carbocycles. The third-order valence-corrected chi connectivity index (χ3v) is 5.01. The summed E-state index contributed by atoms with van der Waals surface area (Å²) in [6.07, 6.45) is 7.53. The molecule has 2 aromatic rings. The fourth-order valence-corrected chi connectivity index (χ4v) is 3.25. The second kappa shape index (κ2) is 6.26. The van der Waals surface area contributed by atoms with Crippen molar-refractivity contribution in [1.29, 1.82) is 0 Å². The third-order valence-electron chi connectivity index (χ3n) is 4.48. The molecule has 0 bridgehead atoms. The number of halogens is 1. The first-order chi connectivity index (χ1) is 10.6. The monoisotopic (exact) mass is 359 g/mol. The van der Waals surface area contributed by atoms with E-state index in [1.54, 1.807) is 12.4 Å². The Morgan fingerprint density at radius 2 is 1.82 bits per heavy atom. The topological polar surface area (TPSA) is 68.9 Å². The predicted molar refractivity (Wildman–Crippen MR) is 88.8 cm³/mol. The molecule has 2 N–H and O–H groups in total. The lowest BCUT2D eigenvalue weighted by Crippen LogP contribution is -2.37. The van der Waals surface area contributed by atoms with Crippen molar-refractivity contribution in [1.82, 2.24) is 9.97 Å². The van der Waals surface area contributed by atoms with Crippen LogP contribution in [-0.2, 0) is 11.8 Å². The van der Waals surface area contributed by atoms with Gasteiger partial charge in [-0.1, -0.05) is 34.5 Å². The summed E-state index contributed by atoms with van der Waals surface area (Å²) in [7, 11) is 0. The molecule has 1 heterocycles. The van der Waals surface area contributed by atoms with Gasteiger partial charge in [0.25, 0.3) is 0 Å². The van der Waals surface area contributed by atoms with Crippen molar-refractivity contribution < 1.29 is 4.79 Å². The zero-order valence-electron chi connectivity index (χ0n) is 12.3. The van der Waals surface area contributed by atoms with Crippen LogP contribution in [0.2, 0.25) is 0 Å². The summed E-state index contributed by atoms with van der Waals surface area (Å²) in [6, 6.07) is 8.52. The van der Waals surface area contributed by atoms with Crippen molar-refractivity contribution in [2.45, 2.75) is 31.1 Å². The summed E-state index contributed by atoms with van der Waals surface area (Å²) in [5.74, 6) is 0.661. The van der Waals surface area contributed by atoms with Gasteiger partial charge in [0.15, 0.2) is 5.78 Å². The summed E-state index contributed by atoms with van der Waals surface area (Å²) in [5.41, 5.74) is 7.32. The Kier molecular flexibility index (Phi) is 4.36. The van der Waals surface area contributed by atoms with Crippen molar-refractivity contribution in [2.24, 2.45) is 5.73 Å². The minimum Gasteiger partial charge on any atom is -0.324 e. The van der Waals surface area contributed by atoms with Gasteiger partial charge in [-0.25, -0.2) is 9.97 Å². The molecule has 1 aromatic carbocycles. The van der Waals surface area contributed by atoms with Crippen LogP contribution in [0.5, 0.6) is 0 Å². The first-order valence-corrected chi connectivity index (χ1v) is 8.22. The van der Waals surface area contributed by atoms with Crippen molar-refractivity contribution in [2.75, 3.05) is 6.54 Å². The van der Waals surface area contributed by atoms with E-state index in [9.17, 15) is 4.79 Å². The predicted octanol–water partition coefficient (Wildman–Crippen LogP) is 3.04. The Labute approximate surface area is 138 Å². The van der Waals surface area contributed by atoms with Crippen LogP contribution in [0.15, 0.2) is 41.1 Å². The van der Waals surface area contributed by atoms with Crippen LogP contribution in [0.3, 0.4) is 0 Å². The minimum atomic E-state index is -0.127. The lowest BCUT2D eigenvalue weighted by molar-refractivity contribution is 0.100. The standard InChI is InChI=1S/C17H18BrN3O/c18-14-4-2-13(3-5-14)17(6-1-7-17)8-16-20-10-12(11-21-16)15(22)9-19/h2-5,10-11H,1,6-9,19H2. The second-order valence-electron chi connectivity index (χ2n) is 5.83. The maximum Gasteiger partial charge on any atom is 0.179 e. The Balaban J connectivity index is 1.81. The molecular weight excluding hydrogens is 342 g/mol. The average molecular weight is 360 g/mol. The van der Waals surface area contributed by atoms with Crippen molar-refractivity contribution in [3.63, 3.8) is 0 Å². The number of aromatic nitrogens is 2. The van der Waals surface area contributed by atoms with Gasteiger partial charge in [0, 0.05) is 28.7 Å². The highest BCUT2D eigenvalue weighted by Gasteiger charge is 2.39. The van der Waals surface area contributed by atoms with Gasteiger partial charge in [-0.15, -0.1) is 0 Å². The lowest BCUT2D eigenvalue weighted by atomic mass is 9.62. The van der Waals surface area contributed by atoms with Crippen LogP contribution in [0.1, 0.15) is 41.0 Å². The van der Waals surface area contributed by atoms with Gasteiger partial charge in [0.2, 0.25) is 0 Å². The molecule has 1 aliphatic carbocycles. The fourth-order valence-electron chi connectivity index (χ4n) is 2.99. The maximum absolute atomic E-state index is 11.5. The number of hydrogen-bond acceptors (Lipinski definition) is 4. The van der Waals surface area contributed by atoms with Crippen LogP contribution >= 0.6 is 15.9 Å². The van der Waals surface area contributed by atoms with Crippen LogP contribution in [0.4, 0.5) is 0 Å². The zero-order valence-corrected chi connectivity index (χ0v) is 13.8. The number of rotatable bonds is 5. The SMILES string of the molecule is NCC(=O)c1cnc(CC2(c3ccc(Br)cc3)CCC2)nc1. The number of ketones is 1. The highest BCUT2D eigenvalue weighted by Crippen LogP contribution is 2.45. The normalized spacial score (nSPS) is 16.1. The number of Topliss-reactive ketones (excluding diaryl/α,β-unsaturated/α-hetero) is 1. The molecule has 1 aromatic heterocycles. The molecule has 3 rings (SSSR count). The van der Waals surface area contributed by atoms with Crippen LogP contribution in [-0.4, -0.2) is 22.3 Å². The summed E-state index contributed by atoms with van der Waals surface area (Å²) >= 11 is 3.48. The summed E-state index contributed by atoms with van der Waals surface area (Å²) in [6.45, 7) is -0.00840. The molecular formula is C17H18BrN3O. The van der Waals surface area contributed by atoms with E-state index >= 15 is 0 Å². The molecule has 0 radical (unpaired) electrons. The van der Waals surface area contributed by atoms with Crippen molar-refractivity contribution >= 4 is 21.7 Å². The summed E-state index contributed by atoms with van der Waals surface area (Å²) in [5, 5.41) is 0. The first kappa shape index (κ1) is 15.3. The summed E-state index contributed by atoms with van der Waals surface area (Å²) < 4.78 is 1.09. The Morgan fingerprint density at radius 3 is 2.32 bits per heavy atom. The smallest absolute Gasteiger partial charge is 0.179 e. The number of nitrogens with two attached hydrogens (primary N) is 1. The van der Waals surface area contributed by atoms with Gasteiger partial charge < -0.3 is 5.73 Å². The average Bonchev–Trinajstić information content (AvgIpc) is 2.52. The molecule has 5 heteroatoms. The Bertz CT molecular complexity index is 663. The quantitative estimate of drug-likeness (QED) is 0.833. The molecule has 114 valence electrons. The molecule has 1 aliphatic rings. The van der Waals surface area contributed by atoms with Crippen LogP contribution < -0.4 is 5.73 Å². The van der Waals surface area contributed by atoms with Gasteiger partial charge in [-0.2, -0.15) is 0 Å². The zero-order chi connectivity index (χ0) is 15.6. The van der Waals surface area contributed by atoms with E-state index in [0.29, 0.717) is 5.56 Å². The van der Waals surface area contributed by atoms with Crippen LogP contribution in [0, 0.1) is 0 Å². The van der Waals surface area contributed by atoms with E-state index in [1.807, 2.05) is 0 Å². The Hall–Kier alpha value is -1.59. The van der Waals surface area contributed by atoms with E-state index in [4.69, 9.17) is 5.73 Å². The fraction of sp³-hybridized carbons (Fsp3) is 0.353. The van der Waals surface area contributed by atoms with Gasteiger partial charge in [-0.05, 0) is 30.5 Å².